The van der Waals surface area contributed by atoms with Gasteiger partial charge < -0.3 is 14.4 Å². The van der Waals surface area contributed by atoms with E-state index in [1.807, 2.05) is 18.0 Å². The van der Waals surface area contributed by atoms with Gasteiger partial charge in [-0.2, -0.15) is 5.10 Å². The molecule has 0 saturated carbocycles. The monoisotopic (exact) mass is 362 g/mol. The molecule has 7 nitrogen and oxygen atoms in total. The molecule has 4 heterocycles. The van der Waals surface area contributed by atoms with Gasteiger partial charge in [0.25, 0.3) is 0 Å². The van der Waals surface area contributed by atoms with Crippen molar-refractivity contribution in [1.82, 2.24) is 19.6 Å². The van der Waals surface area contributed by atoms with E-state index in [2.05, 4.69) is 27.8 Å². The van der Waals surface area contributed by atoms with Gasteiger partial charge in [0.05, 0.1) is 44.1 Å². The zero-order valence-electron chi connectivity index (χ0n) is 15.8. The molecule has 7 heteroatoms. The Hall–Kier alpha value is -1.60. The van der Waals surface area contributed by atoms with Gasteiger partial charge in [0.1, 0.15) is 0 Å². The largest absolute Gasteiger partial charge is 0.450 e. The third-order valence-electron chi connectivity index (χ3n) is 6.09. The molecule has 3 aliphatic rings. The minimum Gasteiger partial charge on any atom is -0.450 e. The molecular formula is C19H30N4O3. The molecule has 3 saturated heterocycles. The number of nitrogens with zero attached hydrogens (tertiary/aromatic N) is 4. The maximum Gasteiger partial charge on any atom is 0.410 e. The Morgan fingerprint density at radius 1 is 1.19 bits per heavy atom. The van der Waals surface area contributed by atoms with Crippen LogP contribution in [0.1, 0.15) is 44.2 Å². The molecule has 2 unspecified atom stereocenters. The molecule has 0 spiro atoms. The summed E-state index contributed by atoms with van der Waals surface area (Å²) in [6, 6.07) is 1.36. The molecule has 3 aliphatic heterocycles. The van der Waals surface area contributed by atoms with Crippen LogP contribution in [0.25, 0.3) is 0 Å². The minimum absolute atomic E-state index is 0.151. The van der Waals surface area contributed by atoms with E-state index in [4.69, 9.17) is 9.47 Å². The molecule has 26 heavy (non-hydrogen) atoms. The molecule has 0 radical (unpaired) electrons. The van der Waals surface area contributed by atoms with Crippen LogP contribution in [0.2, 0.25) is 0 Å². The number of amides is 1. The summed E-state index contributed by atoms with van der Waals surface area (Å²) < 4.78 is 13.1. The van der Waals surface area contributed by atoms with Crippen LogP contribution in [0.3, 0.4) is 0 Å². The third-order valence-corrected chi connectivity index (χ3v) is 6.09. The van der Waals surface area contributed by atoms with Crippen LogP contribution in [0.4, 0.5) is 4.79 Å². The minimum atomic E-state index is -0.169. The molecule has 144 valence electrons. The van der Waals surface area contributed by atoms with Gasteiger partial charge in [0.15, 0.2) is 0 Å². The van der Waals surface area contributed by atoms with E-state index in [-0.39, 0.29) is 18.2 Å². The number of rotatable bonds is 3. The highest BCUT2D eigenvalue weighted by molar-refractivity contribution is 5.69. The first-order valence-corrected chi connectivity index (χ1v) is 9.93. The van der Waals surface area contributed by atoms with Gasteiger partial charge in [-0.1, -0.05) is 0 Å². The van der Waals surface area contributed by atoms with Crippen molar-refractivity contribution < 1.29 is 14.3 Å². The SMILES string of the molecule is CCOC(=O)N1C2COCC1CC(N1CCC(n3cc(C)cn3)CC1)C2. The number of fused-ring (bicyclic) bond motifs is 2. The number of morpholine rings is 1. The Morgan fingerprint density at radius 3 is 2.46 bits per heavy atom. The number of carbonyl (C=O) groups is 1. The molecule has 0 N–H and O–H groups in total. The van der Waals surface area contributed by atoms with Crippen LogP contribution in [-0.4, -0.2) is 76.7 Å². The predicted molar refractivity (Wildman–Crippen MR) is 97.1 cm³/mol. The summed E-state index contributed by atoms with van der Waals surface area (Å²) in [5.41, 5.74) is 1.23. The number of likely N-dealkylation sites (tertiary alicyclic amines) is 1. The number of hydrogen-bond donors (Lipinski definition) is 0. The first kappa shape index (κ1) is 17.8. The van der Waals surface area contributed by atoms with Gasteiger partial charge in [-0.15, -0.1) is 0 Å². The average Bonchev–Trinajstić information content (AvgIpc) is 3.07. The summed E-state index contributed by atoms with van der Waals surface area (Å²) in [5.74, 6) is 0. The first-order chi connectivity index (χ1) is 12.7. The number of piperidine rings is 2. The normalized spacial score (nSPS) is 30.4. The summed E-state index contributed by atoms with van der Waals surface area (Å²) >= 11 is 0. The zero-order chi connectivity index (χ0) is 18.1. The average molecular weight is 362 g/mol. The van der Waals surface area contributed by atoms with Crippen molar-refractivity contribution in [1.29, 1.82) is 0 Å². The summed E-state index contributed by atoms with van der Waals surface area (Å²) in [6.45, 7) is 7.87. The lowest BCUT2D eigenvalue weighted by atomic mass is 9.88. The van der Waals surface area contributed by atoms with Crippen molar-refractivity contribution in [2.45, 2.75) is 63.7 Å². The summed E-state index contributed by atoms with van der Waals surface area (Å²) in [5, 5.41) is 4.49. The summed E-state index contributed by atoms with van der Waals surface area (Å²) in [6.07, 6.45) is 8.19. The fourth-order valence-electron chi connectivity index (χ4n) is 4.83. The maximum atomic E-state index is 12.3. The molecule has 2 atom stereocenters. The molecule has 0 aliphatic carbocycles. The Kier molecular flexibility index (Phi) is 5.18. The maximum absolute atomic E-state index is 12.3. The Balaban J connectivity index is 1.36. The predicted octanol–water partition coefficient (Wildman–Crippen LogP) is 2.22. The van der Waals surface area contributed by atoms with Gasteiger partial charge in [-0.25, -0.2) is 4.79 Å². The van der Waals surface area contributed by atoms with Gasteiger partial charge in [-0.3, -0.25) is 9.58 Å². The first-order valence-electron chi connectivity index (χ1n) is 9.93. The summed E-state index contributed by atoms with van der Waals surface area (Å²) in [7, 11) is 0. The van der Waals surface area contributed by atoms with Crippen LogP contribution in [0, 0.1) is 6.92 Å². The van der Waals surface area contributed by atoms with E-state index in [9.17, 15) is 4.79 Å². The van der Waals surface area contributed by atoms with Crippen LogP contribution in [0.5, 0.6) is 0 Å². The van der Waals surface area contributed by atoms with Gasteiger partial charge in [-0.05, 0) is 45.1 Å². The highest BCUT2D eigenvalue weighted by Gasteiger charge is 2.44. The van der Waals surface area contributed by atoms with Crippen molar-refractivity contribution in [3.63, 3.8) is 0 Å². The van der Waals surface area contributed by atoms with Crippen LogP contribution < -0.4 is 0 Å². The van der Waals surface area contributed by atoms with Crippen molar-refractivity contribution >= 4 is 6.09 Å². The second-order valence-corrected chi connectivity index (χ2v) is 7.84. The fraction of sp³-hybridized carbons (Fsp3) is 0.789. The van der Waals surface area contributed by atoms with Crippen LogP contribution in [0.15, 0.2) is 12.4 Å². The van der Waals surface area contributed by atoms with Crippen LogP contribution in [-0.2, 0) is 9.47 Å². The number of aromatic nitrogens is 2. The standard InChI is InChI=1S/C19H30N4O3/c1-3-26-19(24)23-17-8-16(9-18(23)13-25-12-17)21-6-4-15(5-7-21)22-11-14(2)10-20-22/h10-11,15-18H,3-9,12-13H2,1-2H3. The molecular weight excluding hydrogens is 332 g/mol. The highest BCUT2D eigenvalue weighted by atomic mass is 16.6. The topological polar surface area (TPSA) is 59.8 Å². The van der Waals surface area contributed by atoms with E-state index in [0.29, 0.717) is 31.9 Å². The quantitative estimate of drug-likeness (QED) is 0.825. The Bertz CT molecular complexity index is 612. The smallest absolute Gasteiger partial charge is 0.410 e. The second-order valence-electron chi connectivity index (χ2n) is 7.84. The molecule has 2 bridgehead atoms. The number of ether oxygens (including phenoxy) is 2. The Labute approximate surface area is 155 Å². The molecule has 4 rings (SSSR count). The van der Waals surface area contributed by atoms with E-state index in [1.54, 1.807) is 0 Å². The molecule has 1 amide bonds. The van der Waals surface area contributed by atoms with Gasteiger partial charge >= 0.3 is 6.09 Å². The van der Waals surface area contributed by atoms with Crippen molar-refractivity contribution in [2.24, 2.45) is 0 Å². The highest BCUT2D eigenvalue weighted by Crippen LogP contribution is 2.33. The fourth-order valence-corrected chi connectivity index (χ4v) is 4.83. The van der Waals surface area contributed by atoms with E-state index in [1.165, 1.54) is 5.56 Å². The zero-order valence-corrected chi connectivity index (χ0v) is 15.8. The molecule has 0 aromatic carbocycles. The summed E-state index contributed by atoms with van der Waals surface area (Å²) in [4.78, 5) is 16.9. The number of hydrogen-bond acceptors (Lipinski definition) is 5. The van der Waals surface area contributed by atoms with E-state index in [0.717, 1.165) is 38.8 Å². The van der Waals surface area contributed by atoms with Gasteiger partial charge in [0.2, 0.25) is 0 Å². The van der Waals surface area contributed by atoms with Crippen molar-refractivity contribution in [3.05, 3.63) is 18.0 Å². The molecule has 3 fully saturated rings. The number of aryl methyl sites for hydroxylation is 1. The van der Waals surface area contributed by atoms with Crippen molar-refractivity contribution in [3.8, 4) is 0 Å². The molecule has 1 aromatic heterocycles. The Morgan fingerprint density at radius 2 is 1.88 bits per heavy atom. The lowest BCUT2D eigenvalue weighted by Gasteiger charge is -2.50. The lowest BCUT2D eigenvalue weighted by molar-refractivity contribution is -0.0875. The number of carbonyl (C=O) groups excluding carboxylic acids is 1. The van der Waals surface area contributed by atoms with E-state index < -0.39 is 0 Å². The second kappa shape index (κ2) is 7.56. The van der Waals surface area contributed by atoms with E-state index >= 15 is 0 Å². The van der Waals surface area contributed by atoms with Crippen LogP contribution >= 0.6 is 0 Å². The van der Waals surface area contributed by atoms with Gasteiger partial charge in [0, 0.05) is 25.3 Å². The lowest BCUT2D eigenvalue weighted by Crippen LogP contribution is -2.63. The van der Waals surface area contributed by atoms with Crippen molar-refractivity contribution in [2.75, 3.05) is 32.9 Å². The third kappa shape index (κ3) is 3.47. The molecule has 1 aromatic rings.